The number of oxazole rings is 1. The number of likely N-dealkylation sites (N-methyl/N-ethyl adjacent to an activating group) is 1. The van der Waals surface area contributed by atoms with Crippen molar-refractivity contribution in [2.24, 2.45) is 23.2 Å². The molecule has 396 valence electrons. The van der Waals surface area contributed by atoms with Crippen molar-refractivity contribution >= 4 is 34.4 Å². The fourth-order valence-electron chi connectivity index (χ4n) is 13.7. The summed E-state index contributed by atoms with van der Waals surface area (Å²) >= 11 is 0. The number of methoxy groups -OCH3 is 1. The van der Waals surface area contributed by atoms with E-state index in [2.05, 4.69) is 112 Å². The zero-order valence-corrected chi connectivity index (χ0v) is 44.6. The molecule has 6 aliphatic heterocycles. The number of benzene rings is 1. The fraction of sp³-hybridized carbons (Fsp3) is 0.667. The standard InChI is InChI=1S/C57H77N11O6/c1-33-34(2)47(33)52(69)60-49-51(66-30-57(31-66)16-18-62(57)6)53-59-45(29-73-53)36-10-15-46-41(23-36)43(25-56(4,5)32-74-55(71)44-9-8-17-67(61-44)54(49)70)50(68(46)40-27-65(28-40)38-13-14-38)42-24-39(26-58-48(42)35(3)72-7)64-21-19-63(20-22-64)37-11-12-37/h10,15,23-24,26,29,33-35,37-38,40,44,47,49,51,61H,8-9,11-14,16-22,25,27-28,30-32H2,1-7H3,(H,60,69)/t33-,34+,35-,44-,47?,49-,51-/m0/s1. The third kappa shape index (κ3) is 8.55. The smallest absolute Gasteiger partial charge is 0.324 e. The molecule has 6 bridgehead atoms. The van der Waals surface area contributed by atoms with Crippen molar-refractivity contribution in [3.63, 3.8) is 0 Å². The van der Waals surface area contributed by atoms with Crippen LogP contribution in [0.5, 0.6) is 0 Å². The molecule has 8 fully saturated rings. The van der Waals surface area contributed by atoms with Crippen LogP contribution in [-0.4, -0.2) is 173 Å². The number of esters is 1. The number of pyridine rings is 1. The number of hydrazine groups is 1. The van der Waals surface area contributed by atoms with Gasteiger partial charge in [0.05, 0.1) is 42.0 Å². The van der Waals surface area contributed by atoms with E-state index in [4.69, 9.17) is 23.9 Å². The second kappa shape index (κ2) is 18.4. The highest BCUT2D eigenvalue weighted by atomic mass is 16.5. The van der Waals surface area contributed by atoms with Gasteiger partial charge in [0.15, 0.2) is 0 Å². The van der Waals surface area contributed by atoms with Gasteiger partial charge in [0.1, 0.15) is 30.1 Å². The number of aromatic nitrogens is 3. The maximum atomic E-state index is 15.2. The molecule has 3 aliphatic carbocycles. The van der Waals surface area contributed by atoms with Gasteiger partial charge in [-0.15, -0.1) is 0 Å². The third-order valence-corrected chi connectivity index (χ3v) is 19.2. The van der Waals surface area contributed by atoms with Crippen LogP contribution in [0.3, 0.4) is 0 Å². The third-order valence-electron chi connectivity index (χ3n) is 19.2. The lowest BCUT2D eigenvalue weighted by atomic mass is 9.76. The van der Waals surface area contributed by atoms with Gasteiger partial charge in [0.25, 0.3) is 5.91 Å². The lowest BCUT2D eigenvalue weighted by Gasteiger charge is -2.63. The normalized spacial score (nSPS) is 30.4. The molecule has 17 nitrogen and oxygen atoms in total. The van der Waals surface area contributed by atoms with Crippen molar-refractivity contribution in [1.29, 1.82) is 0 Å². The van der Waals surface area contributed by atoms with E-state index >= 15 is 4.79 Å². The van der Waals surface area contributed by atoms with Crippen LogP contribution in [0.15, 0.2) is 41.1 Å². The lowest BCUT2D eigenvalue weighted by molar-refractivity contribution is -0.160. The van der Waals surface area contributed by atoms with Crippen molar-refractivity contribution in [3.05, 3.63) is 53.9 Å². The Balaban J connectivity index is 0.965. The Morgan fingerprint density at radius 2 is 1.66 bits per heavy atom. The van der Waals surface area contributed by atoms with E-state index in [1.807, 2.05) is 0 Å². The molecule has 3 saturated carbocycles. The summed E-state index contributed by atoms with van der Waals surface area (Å²) in [6.45, 7) is 19.6. The number of cyclic esters (lactones) is 1. The van der Waals surface area contributed by atoms with Gasteiger partial charge in [0, 0.05) is 124 Å². The predicted molar refractivity (Wildman–Crippen MR) is 281 cm³/mol. The Morgan fingerprint density at radius 3 is 2.34 bits per heavy atom. The van der Waals surface area contributed by atoms with E-state index in [9.17, 15) is 9.59 Å². The number of ether oxygens (including phenoxy) is 2. The minimum atomic E-state index is -1.03. The second-order valence-corrected chi connectivity index (χ2v) is 24.8. The van der Waals surface area contributed by atoms with Crippen molar-refractivity contribution in [2.75, 3.05) is 91.1 Å². The molecule has 0 radical (unpaired) electrons. The Morgan fingerprint density at radius 1 is 0.919 bits per heavy atom. The largest absolute Gasteiger partial charge is 0.464 e. The van der Waals surface area contributed by atoms with Crippen LogP contribution in [0, 0.1) is 23.2 Å². The first-order chi connectivity index (χ1) is 35.7. The molecule has 2 N–H and O–H groups in total. The number of likely N-dealkylation sites (tertiary alicyclic amines) is 3. The van der Waals surface area contributed by atoms with Crippen LogP contribution < -0.4 is 15.6 Å². The van der Waals surface area contributed by atoms with E-state index in [0.717, 1.165) is 97.4 Å². The number of hydrogen-bond donors (Lipinski definition) is 2. The highest BCUT2D eigenvalue weighted by Crippen LogP contribution is 2.49. The van der Waals surface area contributed by atoms with Gasteiger partial charge in [-0.05, 0) is 101 Å². The average molecular weight is 1010 g/mol. The summed E-state index contributed by atoms with van der Waals surface area (Å²) in [5, 5.41) is 5.93. The predicted octanol–water partition coefficient (Wildman–Crippen LogP) is 5.81. The van der Waals surface area contributed by atoms with Gasteiger partial charge < -0.3 is 28.7 Å². The molecular formula is C57H77N11O6. The first kappa shape index (κ1) is 48.7. The molecule has 2 amide bonds. The van der Waals surface area contributed by atoms with E-state index in [0.29, 0.717) is 56.5 Å². The lowest BCUT2D eigenvalue weighted by Crippen LogP contribution is -2.77. The van der Waals surface area contributed by atoms with Crippen molar-refractivity contribution in [2.45, 2.75) is 134 Å². The Kier molecular flexibility index (Phi) is 12.1. The molecule has 13 rings (SSSR count). The van der Waals surface area contributed by atoms with E-state index in [1.165, 1.54) is 31.2 Å². The zero-order valence-electron chi connectivity index (χ0n) is 44.6. The zero-order chi connectivity index (χ0) is 50.9. The van der Waals surface area contributed by atoms with E-state index in [1.54, 1.807) is 18.4 Å². The molecule has 9 heterocycles. The maximum absolute atomic E-state index is 15.2. The Labute approximate surface area is 435 Å². The number of amides is 2. The molecule has 1 spiro atoms. The number of piperazine rings is 1. The summed E-state index contributed by atoms with van der Waals surface area (Å²) in [6, 6.07) is 8.25. The van der Waals surface area contributed by atoms with Gasteiger partial charge in [-0.2, -0.15) is 0 Å². The summed E-state index contributed by atoms with van der Waals surface area (Å²) in [7, 11) is 3.93. The monoisotopic (exact) mass is 1010 g/mol. The van der Waals surface area contributed by atoms with Gasteiger partial charge in [-0.1, -0.05) is 33.8 Å². The quantitative estimate of drug-likeness (QED) is 0.184. The van der Waals surface area contributed by atoms with Crippen LogP contribution in [0.25, 0.3) is 33.4 Å². The summed E-state index contributed by atoms with van der Waals surface area (Å²) in [5.41, 5.74) is 10.9. The van der Waals surface area contributed by atoms with Gasteiger partial charge in [0.2, 0.25) is 11.8 Å². The molecule has 5 saturated heterocycles. The van der Waals surface area contributed by atoms with Crippen molar-refractivity contribution in [3.8, 4) is 22.5 Å². The number of carbonyl (C=O) groups excluding carboxylic acids is 3. The number of hydrogen-bond acceptors (Lipinski definition) is 14. The number of fused-ring (bicyclic) bond motifs is 6. The average Bonchev–Trinajstić information content (AvgIpc) is 4.36. The minimum absolute atomic E-state index is 0.00791. The fourth-order valence-corrected chi connectivity index (χ4v) is 13.7. The number of rotatable bonds is 10. The van der Waals surface area contributed by atoms with Crippen LogP contribution >= 0.6 is 0 Å². The first-order valence-corrected chi connectivity index (χ1v) is 28.1. The summed E-state index contributed by atoms with van der Waals surface area (Å²) in [6.07, 6.45) is 11.4. The molecule has 4 aromatic rings. The van der Waals surface area contributed by atoms with Gasteiger partial charge in [-0.3, -0.25) is 44.0 Å². The van der Waals surface area contributed by atoms with E-state index < -0.39 is 23.5 Å². The SMILES string of the molecule is CO[C@@H](C)c1ncc(N2CCN(C3CC3)CC2)cc1-c1c2c3cc(ccc3n1C1CN(C3CC3)C1)-c1coc(n1)[C@@H](N1CC3(CCN3C)C1)[C@H](NC(=O)C1[C@@H](C)[C@H]1C)C(=O)N1CCC[C@H](N1)C(=O)OCC(C)(C)C2. The Bertz CT molecular complexity index is 2830. The first-order valence-electron chi connectivity index (χ1n) is 28.1. The second-order valence-electron chi connectivity index (χ2n) is 24.8. The molecule has 74 heavy (non-hydrogen) atoms. The number of nitrogens with one attached hydrogen (secondary N) is 2. The van der Waals surface area contributed by atoms with Crippen molar-refractivity contribution in [1.82, 2.24) is 49.9 Å². The maximum Gasteiger partial charge on any atom is 0.324 e. The molecule has 9 aliphatic rings. The Hall–Kier alpha value is -4.91. The van der Waals surface area contributed by atoms with Crippen LogP contribution in [0.2, 0.25) is 0 Å². The summed E-state index contributed by atoms with van der Waals surface area (Å²) in [4.78, 5) is 66.9. The van der Waals surface area contributed by atoms with E-state index in [-0.39, 0.29) is 59.8 Å². The highest BCUT2D eigenvalue weighted by Gasteiger charge is 2.57. The molecule has 1 aromatic carbocycles. The van der Waals surface area contributed by atoms with Crippen molar-refractivity contribution < 1.29 is 28.3 Å². The summed E-state index contributed by atoms with van der Waals surface area (Å²) in [5.74, 6) is -0.233. The molecule has 1 unspecified atom stereocenters. The molecule has 17 heteroatoms. The van der Waals surface area contributed by atoms with Gasteiger partial charge >= 0.3 is 5.97 Å². The molecule has 3 aromatic heterocycles. The van der Waals surface area contributed by atoms with Crippen LogP contribution in [-0.2, 0) is 30.3 Å². The van der Waals surface area contributed by atoms with Gasteiger partial charge in [-0.25, -0.2) is 10.4 Å². The van der Waals surface area contributed by atoms with Crippen LogP contribution in [0.1, 0.15) is 115 Å². The number of anilines is 1. The van der Waals surface area contributed by atoms with Crippen LogP contribution in [0.4, 0.5) is 5.69 Å². The highest BCUT2D eigenvalue weighted by molar-refractivity contribution is 5.96. The number of carbonyl (C=O) groups is 3. The summed E-state index contributed by atoms with van der Waals surface area (Å²) < 4.78 is 21.8. The number of nitrogens with zero attached hydrogens (tertiary/aromatic N) is 9. The minimum Gasteiger partial charge on any atom is -0.464 e. The molecule has 7 atom stereocenters. The topological polar surface area (TPSA) is 157 Å². The molecular weight excluding hydrogens is 935 g/mol.